The maximum atomic E-state index is 13.3. The third-order valence-electron chi connectivity index (χ3n) is 3.25. The highest BCUT2D eigenvalue weighted by Crippen LogP contribution is 2.27. The fourth-order valence-corrected chi connectivity index (χ4v) is 2.97. The van der Waals surface area contributed by atoms with Gasteiger partial charge < -0.3 is 9.88 Å². The van der Waals surface area contributed by atoms with E-state index < -0.39 is 17.5 Å². The largest absolute Gasteiger partial charge is 0.322 e. The molecule has 0 atom stereocenters. The molecule has 9 heteroatoms. The molecule has 1 N–H and O–H groups in total. The summed E-state index contributed by atoms with van der Waals surface area (Å²) in [5.74, 6) is -2.87. The van der Waals surface area contributed by atoms with E-state index in [4.69, 9.17) is 11.6 Å². The summed E-state index contributed by atoms with van der Waals surface area (Å²) in [6, 6.07) is 8.50. The number of hydrogen-bond acceptors (Lipinski definition) is 4. The van der Waals surface area contributed by atoms with Crippen LogP contribution in [0, 0.1) is 11.6 Å². The van der Waals surface area contributed by atoms with Crippen LogP contribution >= 0.6 is 23.4 Å². The van der Waals surface area contributed by atoms with E-state index in [1.165, 1.54) is 11.8 Å². The molecule has 0 saturated carbocycles. The van der Waals surface area contributed by atoms with Crippen LogP contribution in [0.3, 0.4) is 0 Å². The molecule has 0 unspecified atom stereocenters. The number of carbonyl (C=O) groups excluding carboxylic acids is 1. The Labute approximate surface area is 151 Å². The van der Waals surface area contributed by atoms with Crippen LogP contribution < -0.4 is 5.32 Å². The van der Waals surface area contributed by atoms with Crippen LogP contribution in [0.15, 0.2) is 52.8 Å². The second-order valence-corrected chi connectivity index (χ2v) is 6.50. The molecule has 3 rings (SSSR count). The molecule has 0 aliphatic rings. The molecule has 1 aromatic heterocycles. The van der Waals surface area contributed by atoms with E-state index in [0.717, 1.165) is 22.2 Å². The number of nitrogens with zero attached hydrogens (tertiary/aromatic N) is 3. The van der Waals surface area contributed by atoms with Crippen LogP contribution in [0.1, 0.15) is 10.4 Å². The summed E-state index contributed by atoms with van der Waals surface area (Å²) in [5, 5.41) is 10.9. The van der Waals surface area contributed by atoms with Gasteiger partial charge in [-0.15, -0.1) is 10.2 Å². The van der Waals surface area contributed by atoms with Gasteiger partial charge in [0.1, 0.15) is 6.33 Å². The van der Waals surface area contributed by atoms with E-state index in [9.17, 15) is 13.6 Å². The number of anilines is 1. The zero-order valence-electron chi connectivity index (χ0n) is 12.8. The van der Waals surface area contributed by atoms with Gasteiger partial charge in [0.25, 0.3) is 5.91 Å². The van der Waals surface area contributed by atoms with E-state index in [-0.39, 0.29) is 10.6 Å². The summed E-state index contributed by atoms with van der Waals surface area (Å²) in [5.41, 5.74) is 0.353. The van der Waals surface area contributed by atoms with Gasteiger partial charge >= 0.3 is 0 Å². The summed E-state index contributed by atoms with van der Waals surface area (Å²) >= 11 is 7.21. The first-order valence-corrected chi connectivity index (χ1v) is 8.21. The Hall–Kier alpha value is -2.45. The van der Waals surface area contributed by atoms with Crippen molar-refractivity contribution in [2.24, 2.45) is 7.05 Å². The Bertz CT molecular complexity index is 930. The number of benzene rings is 2. The summed E-state index contributed by atoms with van der Waals surface area (Å²) in [7, 11) is 1.84. The van der Waals surface area contributed by atoms with Gasteiger partial charge in [0.15, 0.2) is 16.8 Å². The van der Waals surface area contributed by atoms with Gasteiger partial charge in [0.05, 0.1) is 10.6 Å². The number of nitrogens with one attached hydrogen (secondary N) is 1. The number of hydrogen-bond donors (Lipinski definition) is 1. The predicted molar refractivity (Wildman–Crippen MR) is 90.9 cm³/mol. The Balaban J connectivity index is 1.72. The molecule has 1 heterocycles. The zero-order valence-corrected chi connectivity index (χ0v) is 14.4. The van der Waals surface area contributed by atoms with Crippen LogP contribution in [-0.4, -0.2) is 20.7 Å². The van der Waals surface area contributed by atoms with Crippen LogP contribution in [0.4, 0.5) is 14.5 Å². The highest BCUT2D eigenvalue weighted by atomic mass is 35.5. The molecule has 0 aliphatic carbocycles. The molecular weight excluding hydrogens is 370 g/mol. The first kappa shape index (κ1) is 17.4. The zero-order chi connectivity index (χ0) is 18.0. The average molecular weight is 381 g/mol. The SMILES string of the molecule is Cn1cnnc1Sc1ccc(NC(=O)c2cc(F)c(F)cc2Cl)cc1. The Morgan fingerprint density at radius 1 is 1.20 bits per heavy atom. The molecule has 0 aliphatic heterocycles. The standard InChI is InChI=1S/C16H11ClF2N4OS/c1-23-8-20-22-16(23)25-10-4-2-9(3-5-10)21-15(24)11-6-13(18)14(19)7-12(11)17/h2-8H,1H3,(H,21,24). The lowest BCUT2D eigenvalue weighted by Crippen LogP contribution is -2.13. The molecule has 0 radical (unpaired) electrons. The van der Waals surface area contributed by atoms with Crippen molar-refractivity contribution in [3.63, 3.8) is 0 Å². The Morgan fingerprint density at radius 3 is 2.52 bits per heavy atom. The quantitative estimate of drug-likeness (QED) is 0.691. The van der Waals surface area contributed by atoms with Crippen molar-refractivity contribution in [1.82, 2.24) is 14.8 Å². The van der Waals surface area contributed by atoms with Gasteiger partial charge in [0, 0.05) is 17.6 Å². The maximum absolute atomic E-state index is 13.3. The van der Waals surface area contributed by atoms with Gasteiger partial charge in [-0.2, -0.15) is 0 Å². The molecular formula is C16H11ClF2N4OS. The predicted octanol–water partition coefficient (Wildman–Crippen LogP) is 4.15. The van der Waals surface area contributed by atoms with E-state index in [2.05, 4.69) is 15.5 Å². The van der Waals surface area contributed by atoms with E-state index in [1.54, 1.807) is 35.2 Å². The van der Waals surface area contributed by atoms with Gasteiger partial charge in [-0.1, -0.05) is 11.6 Å². The molecule has 0 saturated heterocycles. The van der Waals surface area contributed by atoms with Crippen LogP contribution in [-0.2, 0) is 7.05 Å². The fraction of sp³-hybridized carbons (Fsp3) is 0.0625. The van der Waals surface area contributed by atoms with Gasteiger partial charge in [0.2, 0.25) is 0 Å². The summed E-state index contributed by atoms with van der Waals surface area (Å²) < 4.78 is 28.2. The molecule has 0 fully saturated rings. The molecule has 128 valence electrons. The Kier molecular flexibility index (Phi) is 5.00. The van der Waals surface area contributed by atoms with Gasteiger partial charge in [-0.05, 0) is 48.2 Å². The van der Waals surface area contributed by atoms with E-state index >= 15 is 0 Å². The smallest absolute Gasteiger partial charge is 0.257 e. The average Bonchev–Trinajstić information content (AvgIpc) is 2.97. The number of halogens is 3. The molecule has 3 aromatic rings. The van der Waals surface area contributed by atoms with Gasteiger partial charge in [-0.25, -0.2) is 8.78 Å². The lowest BCUT2D eigenvalue weighted by atomic mass is 10.2. The number of carbonyl (C=O) groups is 1. The summed E-state index contributed by atoms with van der Waals surface area (Å²) in [6.07, 6.45) is 1.60. The van der Waals surface area contributed by atoms with Crippen molar-refractivity contribution in [2.45, 2.75) is 10.1 Å². The third-order valence-corrected chi connectivity index (χ3v) is 4.62. The number of aryl methyl sites for hydroxylation is 1. The van der Waals surface area contributed by atoms with Crippen molar-refractivity contribution in [3.05, 3.63) is 64.9 Å². The molecule has 5 nitrogen and oxygen atoms in total. The number of rotatable bonds is 4. The van der Waals surface area contributed by atoms with Crippen LogP contribution in [0.5, 0.6) is 0 Å². The highest BCUT2D eigenvalue weighted by Gasteiger charge is 2.15. The minimum absolute atomic E-state index is 0.141. The minimum Gasteiger partial charge on any atom is -0.322 e. The molecule has 25 heavy (non-hydrogen) atoms. The van der Waals surface area contributed by atoms with Crippen molar-refractivity contribution in [1.29, 1.82) is 0 Å². The first-order chi connectivity index (χ1) is 11.9. The van der Waals surface area contributed by atoms with Crippen molar-refractivity contribution >= 4 is 35.0 Å². The normalized spacial score (nSPS) is 10.7. The second kappa shape index (κ2) is 7.20. The number of amides is 1. The highest BCUT2D eigenvalue weighted by molar-refractivity contribution is 7.99. The van der Waals surface area contributed by atoms with E-state index in [0.29, 0.717) is 5.69 Å². The lowest BCUT2D eigenvalue weighted by molar-refractivity contribution is 0.102. The summed E-state index contributed by atoms with van der Waals surface area (Å²) in [4.78, 5) is 13.1. The Morgan fingerprint density at radius 2 is 1.88 bits per heavy atom. The van der Waals surface area contributed by atoms with Crippen LogP contribution in [0.25, 0.3) is 0 Å². The molecule has 1 amide bonds. The van der Waals surface area contributed by atoms with E-state index in [1.807, 2.05) is 7.05 Å². The van der Waals surface area contributed by atoms with Gasteiger partial charge in [-0.3, -0.25) is 4.79 Å². The second-order valence-electron chi connectivity index (χ2n) is 5.05. The minimum atomic E-state index is -1.13. The van der Waals surface area contributed by atoms with Crippen LogP contribution in [0.2, 0.25) is 5.02 Å². The summed E-state index contributed by atoms with van der Waals surface area (Å²) in [6.45, 7) is 0. The third kappa shape index (κ3) is 3.97. The monoisotopic (exact) mass is 380 g/mol. The van der Waals surface area contributed by atoms with Crippen molar-refractivity contribution < 1.29 is 13.6 Å². The molecule has 0 spiro atoms. The van der Waals surface area contributed by atoms with Crippen molar-refractivity contribution in [2.75, 3.05) is 5.32 Å². The number of aromatic nitrogens is 3. The maximum Gasteiger partial charge on any atom is 0.257 e. The topological polar surface area (TPSA) is 59.8 Å². The fourth-order valence-electron chi connectivity index (χ4n) is 1.97. The molecule has 0 bridgehead atoms. The lowest BCUT2D eigenvalue weighted by Gasteiger charge is -2.08. The molecule has 2 aromatic carbocycles. The first-order valence-electron chi connectivity index (χ1n) is 7.02. The van der Waals surface area contributed by atoms with Crippen molar-refractivity contribution in [3.8, 4) is 0 Å².